The molecule has 9 nitrogen and oxygen atoms in total. The van der Waals surface area contributed by atoms with Gasteiger partial charge in [-0.1, -0.05) is 0 Å². The molecule has 154 valence electrons. The molecule has 1 atom stereocenters. The van der Waals surface area contributed by atoms with Crippen LogP contribution in [-0.4, -0.2) is 72.4 Å². The SMILES string of the molecule is COC(=O)[C@@H]1CCCN1C(=O)CNC(=O)Cc1cc(O)cc(OCCCO)c1. The van der Waals surface area contributed by atoms with E-state index in [9.17, 15) is 19.5 Å². The second kappa shape index (κ2) is 10.5. The summed E-state index contributed by atoms with van der Waals surface area (Å²) in [4.78, 5) is 37.6. The lowest BCUT2D eigenvalue weighted by Gasteiger charge is -2.22. The Labute approximate surface area is 163 Å². The molecule has 1 saturated heterocycles. The summed E-state index contributed by atoms with van der Waals surface area (Å²) in [5.74, 6) is -0.839. The third-order valence-electron chi connectivity index (χ3n) is 4.37. The summed E-state index contributed by atoms with van der Waals surface area (Å²) in [7, 11) is 1.28. The van der Waals surface area contributed by atoms with Crippen LogP contribution in [0.15, 0.2) is 18.2 Å². The molecule has 0 saturated carbocycles. The fraction of sp³-hybridized carbons (Fsp3) is 0.526. The van der Waals surface area contributed by atoms with Crippen molar-refractivity contribution in [1.29, 1.82) is 0 Å². The average Bonchev–Trinajstić information content (AvgIpc) is 3.15. The Bertz CT molecular complexity index is 708. The number of aromatic hydroxyl groups is 1. The number of hydrogen-bond donors (Lipinski definition) is 3. The van der Waals surface area contributed by atoms with Crippen molar-refractivity contribution in [2.75, 3.05) is 33.4 Å². The fourth-order valence-electron chi connectivity index (χ4n) is 3.05. The van der Waals surface area contributed by atoms with Crippen LogP contribution in [0.1, 0.15) is 24.8 Å². The van der Waals surface area contributed by atoms with Crippen molar-refractivity contribution < 1.29 is 34.1 Å². The van der Waals surface area contributed by atoms with Crippen LogP contribution in [0.4, 0.5) is 0 Å². The van der Waals surface area contributed by atoms with Gasteiger partial charge in [0.15, 0.2) is 0 Å². The number of aliphatic hydroxyl groups is 1. The molecule has 1 heterocycles. The number of nitrogens with zero attached hydrogens (tertiary/aromatic N) is 1. The zero-order valence-electron chi connectivity index (χ0n) is 15.8. The lowest BCUT2D eigenvalue weighted by atomic mass is 10.1. The molecule has 0 aromatic heterocycles. The van der Waals surface area contributed by atoms with Gasteiger partial charge in [0, 0.05) is 25.6 Å². The zero-order valence-corrected chi connectivity index (χ0v) is 15.8. The van der Waals surface area contributed by atoms with Crippen LogP contribution in [0.5, 0.6) is 11.5 Å². The van der Waals surface area contributed by atoms with Gasteiger partial charge in [-0.3, -0.25) is 9.59 Å². The molecule has 2 amide bonds. The first-order chi connectivity index (χ1) is 13.4. The molecule has 3 N–H and O–H groups in total. The van der Waals surface area contributed by atoms with Crippen molar-refractivity contribution in [2.24, 2.45) is 0 Å². The van der Waals surface area contributed by atoms with Gasteiger partial charge in [-0.15, -0.1) is 0 Å². The Morgan fingerprint density at radius 2 is 2.07 bits per heavy atom. The Kier molecular flexibility index (Phi) is 8.06. The number of rotatable bonds is 9. The fourth-order valence-corrected chi connectivity index (χ4v) is 3.05. The highest BCUT2D eigenvalue weighted by atomic mass is 16.5. The number of phenolic OH excluding ortho intramolecular Hbond substituents is 1. The molecule has 28 heavy (non-hydrogen) atoms. The number of benzene rings is 1. The van der Waals surface area contributed by atoms with Crippen molar-refractivity contribution in [1.82, 2.24) is 10.2 Å². The molecule has 0 radical (unpaired) electrons. The van der Waals surface area contributed by atoms with Crippen LogP contribution in [0.25, 0.3) is 0 Å². The highest BCUT2D eigenvalue weighted by molar-refractivity contribution is 5.89. The molecule has 9 heteroatoms. The smallest absolute Gasteiger partial charge is 0.328 e. The van der Waals surface area contributed by atoms with Crippen LogP contribution in [0.2, 0.25) is 0 Å². The van der Waals surface area contributed by atoms with Gasteiger partial charge >= 0.3 is 5.97 Å². The number of amides is 2. The van der Waals surface area contributed by atoms with Crippen LogP contribution in [0, 0.1) is 0 Å². The Balaban J connectivity index is 1.86. The summed E-state index contributed by atoms with van der Waals surface area (Å²) in [5, 5.41) is 21.1. The van der Waals surface area contributed by atoms with Gasteiger partial charge in [0.05, 0.1) is 26.7 Å². The first-order valence-electron chi connectivity index (χ1n) is 9.15. The molecular weight excluding hydrogens is 368 g/mol. The molecule has 1 aliphatic rings. The number of carbonyl (C=O) groups is 3. The van der Waals surface area contributed by atoms with E-state index in [0.717, 1.165) is 0 Å². The predicted molar refractivity (Wildman–Crippen MR) is 98.8 cm³/mol. The number of hydrogen-bond acceptors (Lipinski definition) is 7. The summed E-state index contributed by atoms with van der Waals surface area (Å²) in [6.07, 6.45) is 1.67. The summed E-state index contributed by atoms with van der Waals surface area (Å²) in [6.45, 7) is 0.522. The molecule has 1 fully saturated rings. The Morgan fingerprint density at radius 1 is 1.29 bits per heavy atom. The summed E-state index contributed by atoms with van der Waals surface area (Å²) >= 11 is 0. The third kappa shape index (κ3) is 6.12. The maximum Gasteiger partial charge on any atom is 0.328 e. The average molecular weight is 394 g/mol. The summed E-state index contributed by atoms with van der Waals surface area (Å²) < 4.78 is 10.1. The number of ether oxygens (including phenoxy) is 2. The number of carbonyl (C=O) groups excluding carboxylic acids is 3. The van der Waals surface area contributed by atoms with Crippen molar-refractivity contribution in [3.63, 3.8) is 0 Å². The monoisotopic (exact) mass is 394 g/mol. The molecule has 0 unspecified atom stereocenters. The van der Waals surface area contributed by atoms with Gasteiger partial charge < -0.3 is 29.9 Å². The highest BCUT2D eigenvalue weighted by Crippen LogP contribution is 2.22. The molecule has 0 bridgehead atoms. The molecule has 0 aliphatic carbocycles. The van der Waals surface area contributed by atoms with Crippen LogP contribution in [0.3, 0.4) is 0 Å². The second-order valence-electron chi connectivity index (χ2n) is 6.48. The van der Waals surface area contributed by atoms with Gasteiger partial charge in [0.25, 0.3) is 0 Å². The number of methoxy groups -OCH3 is 1. The van der Waals surface area contributed by atoms with E-state index >= 15 is 0 Å². The molecule has 1 aromatic rings. The van der Waals surface area contributed by atoms with E-state index in [1.165, 1.54) is 24.1 Å². The maximum atomic E-state index is 12.3. The zero-order chi connectivity index (χ0) is 20.5. The number of nitrogens with one attached hydrogen (secondary N) is 1. The van der Waals surface area contributed by atoms with Crippen LogP contribution >= 0.6 is 0 Å². The summed E-state index contributed by atoms with van der Waals surface area (Å²) in [6, 6.07) is 3.88. The molecule has 0 spiro atoms. The van der Waals surface area contributed by atoms with Crippen LogP contribution in [-0.2, 0) is 25.5 Å². The highest BCUT2D eigenvalue weighted by Gasteiger charge is 2.34. The van der Waals surface area contributed by atoms with E-state index in [1.807, 2.05) is 0 Å². The van der Waals surface area contributed by atoms with Gasteiger partial charge in [-0.25, -0.2) is 4.79 Å². The number of aliphatic hydroxyl groups excluding tert-OH is 1. The second-order valence-corrected chi connectivity index (χ2v) is 6.48. The maximum absolute atomic E-state index is 12.3. The summed E-state index contributed by atoms with van der Waals surface area (Å²) in [5.41, 5.74) is 0.526. The molecule has 1 aliphatic heterocycles. The first kappa shape index (κ1) is 21.5. The largest absolute Gasteiger partial charge is 0.508 e. The van der Waals surface area contributed by atoms with Gasteiger partial charge in [0.1, 0.15) is 17.5 Å². The molecule has 2 rings (SSSR count). The van der Waals surface area contributed by atoms with E-state index in [-0.39, 0.29) is 37.8 Å². The van der Waals surface area contributed by atoms with Gasteiger partial charge in [-0.05, 0) is 30.5 Å². The lowest BCUT2D eigenvalue weighted by Crippen LogP contribution is -2.46. The van der Waals surface area contributed by atoms with E-state index in [0.29, 0.717) is 37.1 Å². The minimum atomic E-state index is -0.598. The standard InChI is InChI=1S/C19H26N2O7/c1-27-19(26)16-4-2-5-21(16)18(25)12-20-17(24)10-13-8-14(23)11-15(9-13)28-7-3-6-22/h8-9,11,16,22-23H,2-7,10,12H2,1H3,(H,20,24)/t16-/m0/s1. The minimum absolute atomic E-state index is 0.00401. The normalized spacial score (nSPS) is 15.9. The van der Waals surface area contributed by atoms with Crippen molar-refractivity contribution >= 4 is 17.8 Å². The minimum Gasteiger partial charge on any atom is -0.508 e. The van der Waals surface area contributed by atoms with Crippen LogP contribution < -0.4 is 10.1 Å². The lowest BCUT2D eigenvalue weighted by molar-refractivity contribution is -0.150. The van der Waals surface area contributed by atoms with E-state index in [1.54, 1.807) is 6.07 Å². The Hall–Kier alpha value is -2.81. The van der Waals surface area contributed by atoms with Crippen molar-refractivity contribution in [3.05, 3.63) is 23.8 Å². The van der Waals surface area contributed by atoms with E-state index in [2.05, 4.69) is 5.32 Å². The van der Waals surface area contributed by atoms with Crippen molar-refractivity contribution in [2.45, 2.75) is 31.7 Å². The topological polar surface area (TPSA) is 125 Å². The Morgan fingerprint density at radius 3 is 2.79 bits per heavy atom. The van der Waals surface area contributed by atoms with E-state index < -0.39 is 17.9 Å². The first-order valence-corrected chi connectivity index (χ1v) is 9.15. The number of likely N-dealkylation sites (tertiary alicyclic amines) is 1. The number of esters is 1. The third-order valence-corrected chi connectivity index (χ3v) is 4.37. The number of phenols is 1. The van der Waals surface area contributed by atoms with Gasteiger partial charge in [0.2, 0.25) is 11.8 Å². The van der Waals surface area contributed by atoms with E-state index in [4.69, 9.17) is 14.6 Å². The quantitative estimate of drug-likeness (QED) is 0.397. The van der Waals surface area contributed by atoms with Gasteiger partial charge in [-0.2, -0.15) is 0 Å². The molecule has 1 aromatic carbocycles. The predicted octanol–water partition coefficient (Wildman–Crippen LogP) is -0.0239. The van der Waals surface area contributed by atoms with Crippen molar-refractivity contribution in [3.8, 4) is 11.5 Å². The molecular formula is C19H26N2O7.